The predicted molar refractivity (Wildman–Crippen MR) is 68.7 cm³/mol. The number of hydrogen-bond donors (Lipinski definition) is 1. The lowest BCUT2D eigenvalue weighted by molar-refractivity contribution is -0.149. The third kappa shape index (κ3) is 5.65. The second-order valence-corrected chi connectivity index (χ2v) is 4.45. The molecule has 0 aliphatic carbocycles. The molecule has 1 atom stereocenters. The molecule has 6 nitrogen and oxygen atoms in total. The van der Waals surface area contributed by atoms with E-state index < -0.39 is 0 Å². The van der Waals surface area contributed by atoms with Crippen molar-refractivity contribution in [1.82, 2.24) is 14.8 Å². The van der Waals surface area contributed by atoms with Crippen molar-refractivity contribution in [3.63, 3.8) is 0 Å². The minimum absolute atomic E-state index is 0.0461. The molecule has 1 aromatic rings. The Morgan fingerprint density at radius 3 is 2.89 bits per heavy atom. The quantitative estimate of drug-likeness (QED) is 0.564. The van der Waals surface area contributed by atoms with Crippen molar-refractivity contribution in [3.05, 3.63) is 6.33 Å². The summed E-state index contributed by atoms with van der Waals surface area (Å²) in [6.07, 6.45) is 7.01. The molecule has 0 amide bonds. The fraction of sp³-hybridized carbons (Fsp3) is 0.750. The summed E-state index contributed by atoms with van der Waals surface area (Å²) in [7, 11) is 0. The van der Waals surface area contributed by atoms with E-state index in [4.69, 9.17) is 10.5 Å². The molecule has 18 heavy (non-hydrogen) atoms. The van der Waals surface area contributed by atoms with Crippen molar-refractivity contribution in [2.24, 2.45) is 0 Å². The number of ether oxygens (including phenoxy) is 1. The van der Waals surface area contributed by atoms with Gasteiger partial charge in [0, 0.05) is 0 Å². The van der Waals surface area contributed by atoms with Crippen LogP contribution in [0, 0.1) is 0 Å². The third-order valence-electron chi connectivity index (χ3n) is 2.64. The van der Waals surface area contributed by atoms with Gasteiger partial charge in [0.1, 0.15) is 12.9 Å². The van der Waals surface area contributed by atoms with E-state index in [1.54, 1.807) is 0 Å². The molecule has 0 aromatic carbocycles. The third-order valence-corrected chi connectivity index (χ3v) is 2.64. The number of rotatable bonds is 8. The van der Waals surface area contributed by atoms with E-state index in [9.17, 15) is 4.79 Å². The Kier molecular flexibility index (Phi) is 6.18. The summed E-state index contributed by atoms with van der Waals surface area (Å²) in [5.41, 5.74) is 5.35. The zero-order valence-electron chi connectivity index (χ0n) is 11.1. The monoisotopic (exact) mass is 254 g/mol. The van der Waals surface area contributed by atoms with Crippen LogP contribution in [0.4, 0.5) is 5.95 Å². The molecule has 0 fully saturated rings. The molecule has 0 saturated carbocycles. The van der Waals surface area contributed by atoms with Gasteiger partial charge in [0.25, 0.3) is 0 Å². The first-order valence-corrected chi connectivity index (χ1v) is 6.46. The van der Waals surface area contributed by atoms with Gasteiger partial charge in [-0.2, -0.15) is 0 Å². The van der Waals surface area contributed by atoms with E-state index in [-0.39, 0.29) is 24.6 Å². The van der Waals surface area contributed by atoms with Crippen molar-refractivity contribution in [1.29, 1.82) is 0 Å². The molecule has 0 radical (unpaired) electrons. The summed E-state index contributed by atoms with van der Waals surface area (Å²) in [5.74, 6) is -0.140. The summed E-state index contributed by atoms with van der Waals surface area (Å²) < 4.78 is 6.65. The number of unbranched alkanes of at least 4 members (excludes halogenated alkanes) is 3. The fourth-order valence-electron chi connectivity index (χ4n) is 1.70. The summed E-state index contributed by atoms with van der Waals surface area (Å²) in [5, 5.41) is 3.83. The van der Waals surface area contributed by atoms with Gasteiger partial charge in [0.05, 0.1) is 6.10 Å². The minimum Gasteiger partial charge on any atom is -0.461 e. The van der Waals surface area contributed by atoms with Gasteiger partial charge in [-0.05, 0) is 19.8 Å². The highest BCUT2D eigenvalue weighted by atomic mass is 16.5. The molecule has 1 rings (SSSR count). The van der Waals surface area contributed by atoms with E-state index in [1.807, 2.05) is 6.92 Å². The van der Waals surface area contributed by atoms with Crippen LogP contribution >= 0.6 is 0 Å². The van der Waals surface area contributed by atoms with Crippen LogP contribution in [-0.4, -0.2) is 26.8 Å². The first-order chi connectivity index (χ1) is 8.61. The average molecular weight is 254 g/mol. The summed E-state index contributed by atoms with van der Waals surface area (Å²) in [6.45, 7) is 4.15. The summed E-state index contributed by atoms with van der Waals surface area (Å²) in [4.78, 5) is 15.3. The highest BCUT2D eigenvalue weighted by Crippen LogP contribution is 2.08. The molecule has 0 aliphatic heterocycles. The van der Waals surface area contributed by atoms with E-state index >= 15 is 0 Å². The van der Waals surface area contributed by atoms with Crippen molar-refractivity contribution < 1.29 is 9.53 Å². The zero-order chi connectivity index (χ0) is 13.4. The van der Waals surface area contributed by atoms with E-state index in [0.717, 1.165) is 12.8 Å². The Balaban J connectivity index is 2.19. The predicted octanol–water partition coefficient (Wildman–Crippen LogP) is 1.76. The molecule has 1 aromatic heterocycles. The number of aromatic nitrogens is 3. The Morgan fingerprint density at radius 1 is 1.50 bits per heavy atom. The number of nitrogens with zero attached hydrogens (tertiary/aromatic N) is 3. The second-order valence-electron chi connectivity index (χ2n) is 4.45. The van der Waals surface area contributed by atoms with Crippen LogP contribution in [0.3, 0.4) is 0 Å². The molecule has 0 aliphatic rings. The lowest BCUT2D eigenvalue weighted by atomic mass is 10.1. The summed E-state index contributed by atoms with van der Waals surface area (Å²) >= 11 is 0. The Labute approximate surface area is 108 Å². The molecular formula is C12H22N4O2. The van der Waals surface area contributed by atoms with Gasteiger partial charge in [-0.3, -0.25) is 4.79 Å². The van der Waals surface area contributed by atoms with Crippen molar-refractivity contribution in [2.45, 2.75) is 58.6 Å². The maximum absolute atomic E-state index is 11.6. The molecule has 0 saturated heterocycles. The van der Waals surface area contributed by atoms with Crippen LogP contribution in [0.2, 0.25) is 0 Å². The standard InChI is InChI=1S/C12H22N4O2/c1-3-4-5-6-7-10(2)18-11(17)8-16-9-14-12(13)15-16/h9-10H,3-8H2,1-2H3,(H2,13,15). The van der Waals surface area contributed by atoms with Gasteiger partial charge in [-0.1, -0.05) is 26.2 Å². The lowest BCUT2D eigenvalue weighted by Gasteiger charge is -2.12. The van der Waals surface area contributed by atoms with Gasteiger partial charge < -0.3 is 10.5 Å². The van der Waals surface area contributed by atoms with Crippen LogP contribution < -0.4 is 5.73 Å². The van der Waals surface area contributed by atoms with Crippen molar-refractivity contribution in [2.75, 3.05) is 5.73 Å². The second kappa shape index (κ2) is 7.68. The lowest BCUT2D eigenvalue weighted by Crippen LogP contribution is -2.20. The van der Waals surface area contributed by atoms with Crippen LogP contribution in [0.25, 0.3) is 0 Å². The maximum atomic E-state index is 11.6. The van der Waals surface area contributed by atoms with Crippen molar-refractivity contribution >= 4 is 11.9 Å². The normalized spacial score (nSPS) is 12.3. The average Bonchev–Trinajstić information content (AvgIpc) is 2.70. The van der Waals surface area contributed by atoms with Gasteiger partial charge in [-0.15, -0.1) is 5.10 Å². The number of carbonyl (C=O) groups is 1. The molecule has 6 heteroatoms. The number of nitrogens with two attached hydrogens (primary N) is 1. The molecular weight excluding hydrogens is 232 g/mol. The number of carbonyl (C=O) groups excluding carboxylic acids is 1. The highest BCUT2D eigenvalue weighted by Gasteiger charge is 2.10. The molecule has 1 heterocycles. The molecule has 102 valence electrons. The highest BCUT2D eigenvalue weighted by molar-refractivity contribution is 5.69. The number of esters is 1. The van der Waals surface area contributed by atoms with Gasteiger partial charge in [0.15, 0.2) is 0 Å². The molecule has 2 N–H and O–H groups in total. The molecule has 1 unspecified atom stereocenters. The largest absolute Gasteiger partial charge is 0.461 e. The van der Waals surface area contributed by atoms with Crippen LogP contribution in [0.1, 0.15) is 46.0 Å². The van der Waals surface area contributed by atoms with E-state index in [1.165, 1.54) is 30.3 Å². The smallest absolute Gasteiger partial charge is 0.328 e. The van der Waals surface area contributed by atoms with Crippen LogP contribution in [-0.2, 0) is 16.1 Å². The Bertz CT molecular complexity index is 365. The minimum atomic E-state index is -0.303. The Morgan fingerprint density at radius 2 is 2.28 bits per heavy atom. The topological polar surface area (TPSA) is 83.0 Å². The Hall–Kier alpha value is -1.59. The van der Waals surface area contributed by atoms with E-state index in [0.29, 0.717) is 0 Å². The number of nitrogen functional groups attached to an aromatic ring is 1. The summed E-state index contributed by atoms with van der Waals surface area (Å²) in [6, 6.07) is 0. The fourth-order valence-corrected chi connectivity index (χ4v) is 1.70. The van der Waals surface area contributed by atoms with Gasteiger partial charge in [0.2, 0.25) is 5.95 Å². The zero-order valence-corrected chi connectivity index (χ0v) is 11.1. The first kappa shape index (κ1) is 14.5. The number of anilines is 1. The first-order valence-electron chi connectivity index (χ1n) is 6.46. The van der Waals surface area contributed by atoms with Gasteiger partial charge in [-0.25, -0.2) is 9.67 Å². The molecule has 0 spiro atoms. The number of hydrogen-bond acceptors (Lipinski definition) is 5. The van der Waals surface area contributed by atoms with E-state index in [2.05, 4.69) is 17.0 Å². The van der Waals surface area contributed by atoms with Gasteiger partial charge >= 0.3 is 5.97 Å². The molecule has 0 bridgehead atoms. The SMILES string of the molecule is CCCCCCC(C)OC(=O)Cn1cnc(N)n1. The van der Waals surface area contributed by atoms with Crippen LogP contribution in [0.5, 0.6) is 0 Å². The van der Waals surface area contributed by atoms with Crippen LogP contribution in [0.15, 0.2) is 6.33 Å². The maximum Gasteiger partial charge on any atom is 0.328 e. The van der Waals surface area contributed by atoms with Crippen molar-refractivity contribution in [3.8, 4) is 0 Å².